The molecule has 4 heteroatoms. The summed E-state index contributed by atoms with van der Waals surface area (Å²) in [6.45, 7) is 9.76. The molecular formula is C10H17NO3. The van der Waals surface area contributed by atoms with Gasteiger partial charge in [0.1, 0.15) is 11.7 Å². The molecule has 0 aliphatic carbocycles. The molecule has 1 N–H and O–H groups in total. The van der Waals surface area contributed by atoms with Crippen LogP contribution in [0.5, 0.6) is 0 Å². The van der Waals surface area contributed by atoms with Gasteiger partial charge in [-0.2, -0.15) is 0 Å². The zero-order valence-corrected chi connectivity index (χ0v) is 8.87. The summed E-state index contributed by atoms with van der Waals surface area (Å²) in [6.07, 6.45) is 1.29. The third-order valence-corrected chi connectivity index (χ3v) is 1.70. The van der Waals surface area contributed by atoms with E-state index in [9.17, 15) is 4.79 Å². The van der Waals surface area contributed by atoms with Gasteiger partial charge in [0, 0.05) is 0 Å². The Morgan fingerprint density at radius 2 is 2.29 bits per heavy atom. The average Bonchev–Trinajstić information content (AvgIpc) is 2.78. The van der Waals surface area contributed by atoms with E-state index in [1.807, 2.05) is 20.8 Å². The maximum atomic E-state index is 11.3. The summed E-state index contributed by atoms with van der Waals surface area (Å²) in [5.41, 5.74) is -0.472. The smallest absolute Gasteiger partial charge is 0.408 e. The molecule has 0 spiro atoms. The van der Waals surface area contributed by atoms with Crippen molar-refractivity contribution in [1.82, 2.24) is 5.32 Å². The number of hydrogen-bond donors (Lipinski definition) is 1. The molecule has 1 amide bonds. The van der Waals surface area contributed by atoms with Crippen LogP contribution in [-0.4, -0.2) is 30.4 Å². The van der Waals surface area contributed by atoms with Crippen LogP contribution in [0.1, 0.15) is 20.8 Å². The maximum Gasteiger partial charge on any atom is 0.408 e. The van der Waals surface area contributed by atoms with E-state index >= 15 is 0 Å². The summed E-state index contributed by atoms with van der Waals surface area (Å²) in [6, 6.07) is -0.148. The number of amides is 1. The minimum atomic E-state index is -0.472. The van der Waals surface area contributed by atoms with Crippen LogP contribution in [0.3, 0.4) is 0 Å². The first-order valence-electron chi connectivity index (χ1n) is 4.66. The van der Waals surface area contributed by atoms with Crippen LogP contribution in [0.15, 0.2) is 12.7 Å². The van der Waals surface area contributed by atoms with Crippen molar-refractivity contribution in [2.45, 2.75) is 38.5 Å². The predicted molar refractivity (Wildman–Crippen MR) is 53.1 cm³/mol. The van der Waals surface area contributed by atoms with Crippen LogP contribution in [0.2, 0.25) is 0 Å². The molecule has 80 valence electrons. The lowest BCUT2D eigenvalue weighted by Crippen LogP contribution is -2.40. The highest BCUT2D eigenvalue weighted by molar-refractivity contribution is 5.68. The Labute approximate surface area is 84.3 Å². The molecule has 2 atom stereocenters. The van der Waals surface area contributed by atoms with E-state index in [1.54, 1.807) is 6.08 Å². The van der Waals surface area contributed by atoms with Crippen molar-refractivity contribution in [2.24, 2.45) is 0 Å². The molecule has 1 heterocycles. The lowest BCUT2D eigenvalue weighted by atomic mass is 10.2. The summed E-state index contributed by atoms with van der Waals surface area (Å²) >= 11 is 0. The van der Waals surface area contributed by atoms with Crippen molar-refractivity contribution in [3.05, 3.63) is 12.7 Å². The van der Waals surface area contributed by atoms with Gasteiger partial charge in [-0.1, -0.05) is 6.08 Å². The molecule has 14 heavy (non-hydrogen) atoms. The van der Waals surface area contributed by atoms with Crippen molar-refractivity contribution in [1.29, 1.82) is 0 Å². The molecule has 0 unspecified atom stereocenters. The Balaban J connectivity index is 2.34. The number of carbonyl (C=O) groups is 1. The Morgan fingerprint density at radius 1 is 1.71 bits per heavy atom. The Hall–Kier alpha value is -1.03. The van der Waals surface area contributed by atoms with Crippen LogP contribution < -0.4 is 5.32 Å². The second-order valence-electron chi connectivity index (χ2n) is 4.28. The fraction of sp³-hybridized carbons (Fsp3) is 0.700. The van der Waals surface area contributed by atoms with Crippen LogP contribution in [0.25, 0.3) is 0 Å². The van der Waals surface area contributed by atoms with Crippen LogP contribution in [-0.2, 0) is 9.47 Å². The zero-order chi connectivity index (χ0) is 10.8. The van der Waals surface area contributed by atoms with Crippen LogP contribution in [0, 0.1) is 0 Å². The van der Waals surface area contributed by atoms with Gasteiger partial charge in [0.15, 0.2) is 0 Å². The molecule has 1 saturated heterocycles. The van der Waals surface area contributed by atoms with Crippen molar-refractivity contribution in [3.63, 3.8) is 0 Å². The lowest BCUT2D eigenvalue weighted by molar-refractivity contribution is 0.0507. The second kappa shape index (κ2) is 4.00. The monoisotopic (exact) mass is 199 g/mol. The number of epoxide rings is 1. The highest BCUT2D eigenvalue weighted by Crippen LogP contribution is 2.15. The SMILES string of the molecule is C=C[C@H](NC(=O)OC(C)(C)C)[C@H]1CO1. The van der Waals surface area contributed by atoms with Crippen LogP contribution in [0.4, 0.5) is 4.79 Å². The minimum Gasteiger partial charge on any atom is -0.444 e. The lowest BCUT2D eigenvalue weighted by Gasteiger charge is -2.21. The Bertz CT molecular complexity index is 228. The number of alkyl carbamates (subject to hydrolysis) is 1. The summed E-state index contributed by atoms with van der Waals surface area (Å²) in [7, 11) is 0. The van der Waals surface area contributed by atoms with E-state index in [0.29, 0.717) is 6.61 Å². The number of nitrogens with one attached hydrogen (secondary N) is 1. The molecule has 0 bridgehead atoms. The van der Waals surface area contributed by atoms with Gasteiger partial charge in [-0.15, -0.1) is 6.58 Å². The predicted octanol–water partition coefficient (Wildman–Crippen LogP) is 1.46. The number of carbonyl (C=O) groups excluding carboxylic acids is 1. The quantitative estimate of drug-likeness (QED) is 0.553. The minimum absolute atomic E-state index is 0.0695. The average molecular weight is 199 g/mol. The highest BCUT2D eigenvalue weighted by Gasteiger charge is 2.32. The molecule has 1 aliphatic heterocycles. The van der Waals surface area contributed by atoms with Gasteiger partial charge >= 0.3 is 6.09 Å². The van der Waals surface area contributed by atoms with E-state index in [-0.39, 0.29) is 12.1 Å². The van der Waals surface area contributed by atoms with Crippen molar-refractivity contribution in [3.8, 4) is 0 Å². The summed E-state index contributed by atoms with van der Waals surface area (Å²) in [5, 5.41) is 2.68. The topological polar surface area (TPSA) is 50.9 Å². The van der Waals surface area contributed by atoms with Gasteiger partial charge in [0.25, 0.3) is 0 Å². The van der Waals surface area contributed by atoms with Gasteiger partial charge in [-0.05, 0) is 20.8 Å². The van der Waals surface area contributed by atoms with Gasteiger partial charge in [0.05, 0.1) is 12.6 Å². The van der Waals surface area contributed by atoms with E-state index in [1.165, 1.54) is 0 Å². The van der Waals surface area contributed by atoms with Crippen LogP contribution >= 0.6 is 0 Å². The van der Waals surface area contributed by atoms with Crippen molar-refractivity contribution >= 4 is 6.09 Å². The third-order valence-electron chi connectivity index (χ3n) is 1.70. The molecule has 0 saturated carbocycles. The normalized spacial score (nSPS) is 22.4. The molecule has 0 radical (unpaired) electrons. The summed E-state index contributed by atoms with van der Waals surface area (Å²) < 4.78 is 10.1. The second-order valence-corrected chi connectivity index (χ2v) is 4.28. The Kier molecular flexibility index (Phi) is 3.16. The fourth-order valence-electron chi connectivity index (χ4n) is 1.01. The molecule has 0 aromatic rings. The standard InChI is InChI=1S/C10H17NO3/c1-5-7(8-6-13-8)11-9(12)14-10(2,3)4/h5,7-8H,1,6H2,2-4H3,(H,11,12)/t7-,8+/m0/s1. The van der Waals surface area contributed by atoms with E-state index in [4.69, 9.17) is 9.47 Å². The molecule has 0 aromatic carbocycles. The first-order valence-corrected chi connectivity index (χ1v) is 4.66. The summed E-state index contributed by atoms with van der Waals surface area (Å²) in [4.78, 5) is 11.3. The Morgan fingerprint density at radius 3 is 2.64 bits per heavy atom. The van der Waals surface area contributed by atoms with Gasteiger partial charge in [-0.3, -0.25) is 0 Å². The summed E-state index contributed by atoms with van der Waals surface area (Å²) in [5.74, 6) is 0. The molecule has 1 rings (SSSR count). The third kappa shape index (κ3) is 3.79. The molecule has 4 nitrogen and oxygen atoms in total. The number of hydrogen-bond acceptors (Lipinski definition) is 3. The fourth-order valence-corrected chi connectivity index (χ4v) is 1.01. The van der Waals surface area contributed by atoms with E-state index < -0.39 is 11.7 Å². The highest BCUT2D eigenvalue weighted by atomic mass is 16.6. The first-order chi connectivity index (χ1) is 6.42. The number of ether oxygens (including phenoxy) is 2. The van der Waals surface area contributed by atoms with E-state index in [0.717, 1.165) is 0 Å². The van der Waals surface area contributed by atoms with Gasteiger partial charge in [0.2, 0.25) is 0 Å². The van der Waals surface area contributed by atoms with Crippen molar-refractivity contribution < 1.29 is 14.3 Å². The molecular weight excluding hydrogens is 182 g/mol. The largest absolute Gasteiger partial charge is 0.444 e. The van der Waals surface area contributed by atoms with Crippen molar-refractivity contribution in [2.75, 3.05) is 6.61 Å². The maximum absolute atomic E-state index is 11.3. The molecule has 1 fully saturated rings. The molecule has 1 aliphatic rings. The first kappa shape index (κ1) is 11.0. The zero-order valence-electron chi connectivity index (χ0n) is 8.87. The van der Waals surface area contributed by atoms with E-state index in [2.05, 4.69) is 11.9 Å². The molecule has 0 aromatic heterocycles. The number of rotatable bonds is 3. The van der Waals surface area contributed by atoms with Gasteiger partial charge in [-0.25, -0.2) is 4.79 Å². The van der Waals surface area contributed by atoms with Gasteiger partial charge < -0.3 is 14.8 Å².